The van der Waals surface area contributed by atoms with Gasteiger partial charge in [0, 0.05) is 4.47 Å². The molecule has 1 aromatic carbocycles. The minimum absolute atomic E-state index is 0.281. The SMILES string of the molecule is CCC(C#N)(CC)NC(=O)c1cc(OC)ccc1Br. The van der Waals surface area contributed by atoms with Crippen molar-refractivity contribution in [3.05, 3.63) is 28.2 Å². The van der Waals surface area contributed by atoms with Crippen molar-refractivity contribution >= 4 is 21.8 Å². The van der Waals surface area contributed by atoms with Crippen LogP contribution in [0.5, 0.6) is 5.75 Å². The highest BCUT2D eigenvalue weighted by Crippen LogP contribution is 2.24. The Morgan fingerprint density at radius 2 is 2.11 bits per heavy atom. The van der Waals surface area contributed by atoms with Crippen molar-refractivity contribution < 1.29 is 9.53 Å². The monoisotopic (exact) mass is 324 g/mol. The van der Waals surface area contributed by atoms with Gasteiger partial charge in [-0.2, -0.15) is 5.26 Å². The van der Waals surface area contributed by atoms with Crippen LogP contribution in [0.1, 0.15) is 37.0 Å². The van der Waals surface area contributed by atoms with E-state index in [1.165, 1.54) is 0 Å². The molecule has 4 nitrogen and oxygen atoms in total. The van der Waals surface area contributed by atoms with E-state index in [4.69, 9.17) is 4.74 Å². The molecule has 0 spiro atoms. The molecule has 1 aromatic rings. The third-order valence-corrected chi connectivity index (χ3v) is 3.88. The number of nitrogens with one attached hydrogen (secondary N) is 1. The van der Waals surface area contributed by atoms with Crippen molar-refractivity contribution in [3.8, 4) is 11.8 Å². The molecule has 1 amide bonds. The zero-order valence-corrected chi connectivity index (χ0v) is 12.9. The number of amides is 1. The molecular weight excluding hydrogens is 308 g/mol. The zero-order valence-electron chi connectivity index (χ0n) is 11.3. The first kappa shape index (κ1) is 15.5. The highest BCUT2D eigenvalue weighted by atomic mass is 79.9. The Bertz CT molecular complexity index is 505. The van der Waals surface area contributed by atoms with Gasteiger partial charge in [-0.1, -0.05) is 13.8 Å². The van der Waals surface area contributed by atoms with Crippen molar-refractivity contribution in [1.82, 2.24) is 5.32 Å². The van der Waals surface area contributed by atoms with Gasteiger partial charge in [0.25, 0.3) is 5.91 Å². The summed E-state index contributed by atoms with van der Waals surface area (Å²) in [6, 6.07) is 7.34. The van der Waals surface area contributed by atoms with Gasteiger partial charge in [0.1, 0.15) is 11.3 Å². The first-order valence-corrected chi connectivity index (χ1v) is 6.88. The molecule has 0 fully saturated rings. The molecule has 19 heavy (non-hydrogen) atoms. The molecule has 0 saturated heterocycles. The lowest BCUT2D eigenvalue weighted by molar-refractivity contribution is 0.0914. The summed E-state index contributed by atoms with van der Waals surface area (Å²) in [6.07, 6.45) is 1.13. The summed E-state index contributed by atoms with van der Waals surface area (Å²) in [6.45, 7) is 3.77. The molecule has 102 valence electrons. The van der Waals surface area contributed by atoms with E-state index in [0.29, 0.717) is 28.6 Å². The number of nitrogens with zero attached hydrogens (tertiary/aromatic N) is 1. The Labute approximate surface area is 121 Å². The maximum Gasteiger partial charge on any atom is 0.253 e. The zero-order chi connectivity index (χ0) is 14.5. The van der Waals surface area contributed by atoms with Gasteiger partial charge < -0.3 is 10.1 Å². The van der Waals surface area contributed by atoms with E-state index < -0.39 is 5.54 Å². The van der Waals surface area contributed by atoms with Gasteiger partial charge in [-0.05, 0) is 47.0 Å². The molecule has 0 atom stereocenters. The molecule has 1 rings (SSSR count). The summed E-state index contributed by atoms with van der Waals surface area (Å²) < 4.78 is 5.77. The molecule has 0 heterocycles. The Morgan fingerprint density at radius 1 is 1.47 bits per heavy atom. The van der Waals surface area contributed by atoms with Crippen LogP contribution < -0.4 is 10.1 Å². The van der Waals surface area contributed by atoms with Gasteiger partial charge in [0.2, 0.25) is 0 Å². The number of carbonyl (C=O) groups is 1. The third kappa shape index (κ3) is 3.48. The maximum absolute atomic E-state index is 12.3. The largest absolute Gasteiger partial charge is 0.497 e. The number of carbonyl (C=O) groups excluding carboxylic acids is 1. The molecule has 0 bridgehead atoms. The van der Waals surface area contributed by atoms with Crippen LogP contribution in [-0.2, 0) is 0 Å². The van der Waals surface area contributed by atoms with Gasteiger partial charge in [0.05, 0.1) is 18.7 Å². The van der Waals surface area contributed by atoms with Crippen LogP contribution in [0.2, 0.25) is 0 Å². The number of hydrogen-bond donors (Lipinski definition) is 1. The lowest BCUT2D eigenvalue weighted by Crippen LogP contribution is -2.46. The molecule has 0 aliphatic heterocycles. The quantitative estimate of drug-likeness (QED) is 0.904. The second-order valence-electron chi connectivity index (χ2n) is 4.20. The number of nitriles is 1. The van der Waals surface area contributed by atoms with Gasteiger partial charge in [0.15, 0.2) is 0 Å². The van der Waals surface area contributed by atoms with Gasteiger partial charge in [-0.15, -0.1) is 0 Å². The molecule has 1 N–H and O–H groups in total. The van der Waals surface area contributed by atoms with Crippen molar-refractivity contribution in [1.29, 1.82) is 5.26 Å². The molecule has 0 unspecified atom stereocenters. The highest BCUT2D eigenvalue weighted by molar-refractivity contribution is 9.10. The van der Waals surface area contributed by atoms with E-state index in [1.807, 2.05) is 13.8 Å². The van der Waals surface area contributed by atoms with Crippen LogP contribution in [0, 0.1) is 11.3 Å². The summed E-state index contributed by atoms with van der Waals surface area (Å²) in [5.74, 6) is 0.319. The molecule has 0 aromatic heterocycles. The first-order valence-electron chi connectivity index (χ1n) is 6.09. The van der Waals surface area contributed by atoms with Gasteiger partial charge in [-0.3, -0.25) is 4.79 Å². The Balaban J connectivity index is 3.04. The summed E-state index contributed by atoms with van der Waals surface area (Å²) in [7, 11) is 1.54. The van der Waals surface area contributed by atoms with Crippen LogP contribution in [0.3, 0.4) is 0 Å². The van der Waals surface area contributed by atoms with Crippen LogP contribution >= 0.6 is 15.9 Å². The van der Waals surface area contributed by atoms with E-state index in [-0.39, 0.29) is 5.91 Å². The van der Waals surface area contributed by atoms with E-state index in [9.17, 15) is 10.1 Å². The average Bonchev–Trinajstić information content (AvgIpc) is 2.45. The van der Waals surface area contributed by atoms with Gasteiger partial charge in [-0.25, -0.2) is 0 Å². The van der Waals surface area contributed by atoms with Crippen LogP contribution in [0.25, 0.3) is 0 Å². The van der Waals surface area contributed by atoms with Crippen LogP contribution in [-0.4, -0.2) is 18.6 Å². The number of ether oxygens (including phenoxy) is 1. The standard InChI is InChI=1S/C14H17BrN2O2/c1-4-14(5-2,9-16)17-13(18)11-8-10(19-3)6-7-12(11)15/h6-8H,4-5H2,1-3H3,(H,17,18). The molecular formula is C14H17BrN2O2. The minimum atomic E-state index is -0.820. The fourth-order valence-corrected chi connectivity index (χ4v) is 2.13. The summed E-state index contributed by atoms with van der Waals surface area (Å²) >= 11 is 3.33. The van der Waals surface area contributed by atoms with E-state index in [1.54, 1.807) is 25.3 Å². The van der Waals surface area contributed by atoms with E-state index in [2.05, 4.69) is 27.3 Å². The molecule has 0 radical (unpaired) electrons. The van der Waals surface area contributed by atoms with Crippen molar-refractivity contribution in [2.45, 2.75) is 32.2 Å². The lowest BCUT2D eigenvalue weighted by atomic mass is 9.94. The minimum Gasteiger partial charge on any atom is -0.497 e. The Morgan fingerprint density at radius 3 is 2.58 bits per heavy atom. The maximum atomic E-state index is 12.3. The fourth-order valence-electron chi connectivity index (χ4n) is 1.70. The summed E-state index contributed by atoms with van der Waals surface area (Å²) in [5, 5.41) is 12.0. The molecule has 5 heteroatoms. The topological polar surface area (TPSA) is 62.1 Å². The molecule has 0 aliphatic rings. The normalized spacial score (nSPS) is 10.7. The van der Waals surface area contributed by atoms with Crippen molar-refractivity contribution in [2.24, 2.45) is 0 Å². The highest BCUT2D eigenvalue weighted by Gasteiger charge is 2.28. The first-order chi connectivity index (χ1) is 9.01. The molecule has 0 saturated carbocycles. The van der Waals surface area contributed by atoms with E-state index in [0.717, 1.165) is 0 Å². The van der Waals surface area contributed by atoms with Crippen LogP contribution in [0.4, 0.5) is 0 Å². The lowest BCUT2D eigenvalue weighted by Gasteiger charge is -2.25. The van der Waals surface area contributed by atoms with Crippen molar-refractivity contribution in [3.63, 3.8) is 0 Å². The molecule has 0 aliphatic carbocycles. The Kier molecular flexibility index (Phi) is 5.37. The average molecular weight is 325 g/mol. The van der Waals surface area contributed by atoms with Crippen molar-refractivity contribution in [2.75, 3.05) is 7.11 Å². The smallest absolute Gasteiger partial charge is 0.253 e. The number of methoxy groups -OCH3 is 1. The van der Waals surface area contributed by atoms with E-state index >= 15 is 0 Å². The fraction of sp³-hybridized carbons (Fsp3) is 0.429. The number of benzene rings is 1. The van der Waals surface area contributed by atoms with Crippen LogP contribution in [0.15, 0.2) is 22.7 Å². The number of halogens is 1. The third-order valence-electron chi connectivity index (χ3n) is 3.19. The predicted molar refractivity (Wildman–Crippen MR) is 77.1 cm³/mol. The number of hydrogen-bond acceptors (Lipinski definition) is 3. The second-order valence-corrected chi connectivity index (χ2v) is 5.06. The van der Waals surface area contributed by atoms with Gasteiger partial charge >= 0.3 is 0 Å². The number of rotatable bonds is 5. The summed E-state index contributed by atoms with van der Waals surface area (Å²) in [4.78, 5) is 12.3. The second kappa shape index (κ2) is 6.58. The summed E-state index contributed by atoms with van der Waals surface area (Å²) in [5.41, 5.74) is -0.361. The predicted octanol–water partition coefficient (Wildman–Crippen LogP) is 3.27. The Hall–Kier alpha value is -1.54.